The summed E-state index contributed by atoms with van der Waals surface area (Å²) in [6.07, 6.45) is 1.46. The zero-order valence-electron chi connectivity index (χ0n) is 10.3. The van der Waals surface area contributed by atoms with Crippen LogP contribution in [0, 0.1) is 12.7 Å². The molecule has 1 aromatic heterocycles. The van der Waals surface area contributed by atoms with Crippen molar-refractivity contribution in [3.63, 3.8) is 0 Å². The van der Waals surface area contributed by atoms with Crippen molar-refractivity contribution < 1.29 is 9.18 Å². The van der Waals surface area contributed by atoms with E-state index in [1.165, 1.54) is 24.4 Å². The molecular formula is C13H13FN4O. The zero-order valence-corrected chi connectivity index (χ0v) is 10.3. The van der Waals surface area contributed by atoms with E-state index in [0.717, 1.165) is 5.56 Å². The highest BCUT2D eigenvalue weighted by Gasteiger charge is 2.08. The lowest BCUT2D eigenvalue weighted by Crippen LogP contribution is -2.14. The van der Waals surface area contributed by atoms with Gasteiger partial charge >= 0.3 is 0 Å². The third-order valence-corrected chi connectivity index (χ3v) is 2.47. The van der Waals surface area contributed by atoms with Crippen molar-refractivity contribution in [3.05, 3.63) is 53.5 Å². The molecule has 0 saturated heterocycles. The van der Waals surface area contributed by atoms with E-state index in [2.05, 4.69) is 15.7 Å². The van der Waals surface area contributed by atoms with Gasteiger partial charge in [-0.25, -0.2) is 15.2 Å². The Kier molecular flexibility index (Phi) is 3.72. The smallest absolute Gasteiger partial charge is 0.255 e. The standard InChI is InChI=1S/C13H13FN4O/c1-8-4-10(14)7-11(5-8)17-13(19)9-2-3-16-12(6-9)18-15/h2-7H,15H2,1H3,(H,16,18)(H,17,19). The average Bonchev–Trinajstić information content (AvgIpc) is 2.37. The minimum atomic E-state index is -0.394. The second kappa shape index (κ2) is 5.45. The van der Waals surface area contributed by atoms with E-state index >= 15 is 0 Å². The molecule has 19 heavy (non-hydrogen) atoms. The van der Waals surface area contributed by atoms with E-state index in [0.29, 0.717) is 17.1 Å². The Balaban J connectivity index is 2.20. The van der Waals surface area contributed by atoms with Gasteiger partial charge < -0.3 is 10.7 Å². The summed E-state index contributed by atoms with van der Waals surface area (Å²) < 4.78 is 13.2. The van der Waals surface area contributed by atoms with Crippen LogP contribution < -0.4 is 16.6 Å². The minimum Gasteiger partial charge on any atom is -0.322 e. The summed E-state index contributed by atoms with van der Waals surface area (Å²) in [6, 6.07) is 7.38. The van der Waals surface area contributed by atoms with Gasteiger partial charge in [0.25, 0.3) is 5.91 Å². The predicted octanol–water partition coefficient (Wildman–Crippen LogP) is 2.07. The number of rotatable bonds is 3. The fraction of sp³-hybridized carbons (Fsp3) is 0.0769. The topological polar surface area (TPSA) is 80.0 Å². The van der Waals surface area contributed by atoms with Crippen LogP contribution in [0.4, 0.5) is 15.9 Å². The van der Waals surface area contributed by atoms with Crippen LogP contribution in [0.2, 0.25) is 0 Å². The maximum absolute atomic E-state index is 13.2. The number of aromatic nitrogens is 1. The van der Waals surface area contributed by atoms with E-state index in [1.807, 2.05) is 0 Å². The monoisotopic (exact) mass is 260 g/mol. The van der Waals surface area contributed by atoms with Crippen molar-refractivity contribution in [1.29, 1.82) is 0 Å². The normalized spacial score (nSPS) is 10.1. The lowest BCUT2D eigenvalue weighted by molar-refractivity contribution is 0.102. The van der Waals surface area contributed by atoms with E-state index < -0.39 is 5.82 Å². The number of hydrogen-bond donors (Lipinski definition) is 3. The largest absolute Gasteiger partial charge is 0.322 e. The lowest BCUT2D eigenvalue weighted by Gasteiger charge is -2.07. The van der Waals surface area contributed by atoms with Crippen molar-refractivity contribution in [2.24, 2.45) is 5.84 Å². The number of nitrogens with two attached hydrogens (primary N) is 1. The maximum Gasteiger partial charge on any atom is 0.255 e. The molecule has 0 saturated carbocycles. The van der Waals surface area contributed by atoms with E-state index in [4.69, 9.17) is 5.84 Å². The van der Waals surface area contributed by atoms with Gasteiger partial charge in [0.2, 0.25) is 0 Å². The molecule has 5 nitrogen and oxygen atoms in total. The summed E-state index contributed by atoms with van der Waals surface area (Å²) in [5.41, 5.74) is 3.87. The highest BCUT2D eigenvalue weighted by Crippen LogP contribution is 2.15. The molecule has 1 amide bonds. The van der Waals surface area contributed by atoms with Crippen LogP contribution >= 0.6 is 0 Å². The number of carbonyl (C=O) groups excluding carboxylic acids is 1. The fourth-order valence-electron chi connectivity index (χ4n) is 1.66. The van der Waals surface area contributed by atoms with Gasteiger partial charge in [-0.05, 0) is 42.8 Å². The molecule has 1 aromatic carbocycles. The maximum atomic E-state index is 13.2. The van der Waals surface area contributed by atoms with Gasteiger partial charge in [0.05, 0.1) is 0 Å². The number of amides is 1. The van der Waals surface area contributed by atoms with Crippen molar-refractivity contribution in [1.82, 2.24) is 4.98 Å². The Morgan fingerprint density at radius 3 is 2.79 bits per heavy atom. The highest BCUT2D eigenvalue weighted by molar-refractivity contribution is 6.04. The third kappa shape index (κ3) is 3.26. The minimum absolute atomic E-state index is 0.358. The number of halogens is 1. The summed E-state index contributed by atoms with van der Waals surface area (Å²) in [5, 5.41) is 2.62. The first kappa shape index (κ1) is 13.0. The Bertz CT molecular complexity index is 595. The molecule has 0 aliphatic rings. The molecule has 0 spiro atoms. The van der Waals surface area contributed by atoms with Crippen LogP contribution in [0.15, 0.2) is 36.5 Å². The number of nitrogen functional groups attached to an aromatic ring is 1. The highest BCUT2D eigenvalue weighted by atomic mass is 19.1. The van der Waals surface area contributed by atoms with Crippen molar-refractivity contribution in [2.75, 3.05) is 10.7 Å². The summed E-state index contributed by atoms with van der Waals surface area (Å²) >= 11 is 0. The van der Waals surface area contributed by atoms with Gasteiger partial charge in [0, 0.05) is 17.4 Å². The van der Waals surface area contributed by atoms with Gasteiger partial charge in [-0.15, -0.1) is 0 Å². The second-order valence-electron chi connectivity index (χ2n) is 4.05. The molecule has 2 rings (SSSR count). The summed E-state index contributed by atoms with van der Waals surface area (Å²) in [4.78, 5) is 15.9. The zero-order chi connectivity index (χ0) is 13.8. The predicted molar refractivity (Wildman–Crippen MR) is 71.1 cm³/mol. The molecule has 0 fully saturated rings. The molecule has 98 valence electrons. The van der Waals surface area contributed by atoms with Gasteiger partial charge in [0.1, 0.15) is 11.6 Å². The first-order valence-electron chi connectivity index (χ1n) is 5.59. The van der Waals surface area contributed by atoms with Crippen molar-refractivity contribution in [3.8, 4) is 0 Å². The summed E-state index contributed by atoms with van der Waals surface area (Å²) in [7, 11) is 0. The Morgan fingerprint density at radius 2 is 2.11 bits per heavy atom. The first-order valence-corrected chi connectivity index (χ1v) is 5.59. The molecule has 0 bridgehead atoms. The molecule has 1 heterocycles. The molecule has 0 aliphatic carbocycles. The molecule has 0 aliphatic heterocycles. The molecule has 2 aromatic rings. The number of hydrazine groups is 1. The van der Waals surface area contributed by atoms with E-state index in [-0.39, 0.29) is 5.91 Å². The van der Waals surface area contributed by atoms with Gasteiger partial charge in [-0.1, -0.05) is 0 Å². The van der Waals surface area contributed by atoms with Crippen LogP contribution in [-0.2, 0) is 0 Å². The van der Waals surface area contributed by atoms with Crippen LogP contribution in [0.1, 0.15) is 15.9 Å². The molecule has 4 N–H and O–H groups in total. The first-order chi connectivity index (χ1) is 9.08. The Labute approximate surface area is 109 Å². The lowest BCUT2D eigenvalue weighted by atomic mass is 10.2. The number of hydrogen-bond acceptors (Lipinski definition) is 4. The molecular weight excluding hydrogens is 247 g/mol. The van der Waals surface area contributed by atoms with Gasteiger partial charge in [-0.3, -0.25) is 4.79 Å². The van der Waals surface area contributed by atoms with Crippen LogP contribution in [0.3, 0.4) is 0 Å². The molecule has 0 atom stereocenters. The van der Waals surface area contributed by atoms with Gasteiger partial charge in [0.15, 0.2) is 0 Å². The Hall–Kier alpha value is -2.47. The number of nitrogens with zero attached hydrogens (tertiary/aromatic N) is 1. The van der Waals surface area contributed by atoms with Crippen LogP contribution in [0.5, 0.6) is 0 Å². The molecule has 0 radical (unpaired) electrons. The third-order valence-electron chi connectivity index (χ3n) is 2.47. The quantitative estimate of drug-likeness (QED) is 0.583. The number of pyridine rings is 1. The number of anilines is 2. The molecule has 6 heteroatoms. The average molecular weight is 260 g/mol. The summed E-state index contributed by atoms with van der Waals surface area (Å²) in [5.74, 6) is 4.84. The number of benzene rings is 1. The second-order valence-corrected chi connectivity index (χ2v) is 4.05. The van der Waals surface area contributed by atoms with Crippen LogP contribution in [0.25, 0.3) is 0 Å². The van der Waals surface area contributed by atoms with Crippen molar-refractivity contribution in [2.45, 2.75) is 6.92 Å². The van der Waals surface area contributed by atoms with Crippen molar-refractivity contribution >= 4 is 17.4 Å². The van der Waals surface area contributed by atoms with E-state index in [1.54, 1.807) is 19.1 Å². The number of aryl methyl sites for hydroxylation is 1. The van der Waals surface area contributed by atoms with Gasteiger partial charge in [-0.2, -0.15) is 0 Å². The Morgan fingerprint density at radius 1 is 1.32 bits per heavy atom. The number of nitrogens with one attached hydrogen (secondary N) is 2. The molecule has 0 unspecified atom stereocenters. The SMILES string of the molecule is Cc1cc(F)cc(NC(=O)c2ccnc(NN)c2)c1. The number of carbonyl (C=O) groups is 1. The van der Waals surface area contributed by atoms with Crippen LogP contribution in [-0.4, -0.2) is 10.9 Å². The van der Waals surface area contributed by atoms with E-state index in [9.17, 15) is 9.18 Å². The fourth-order valence-corrected chi connectivity index (χ4v) is 1.66. The summed E-state index contributed by atoms with van der Waals surface area (Å²) in [6.45, 7) is 1.75.